The van der Waals surface area contributed by atoms with Crippen LogP contribution in [0.25, 0.3) is 223 Å². The molecule has 10 nitrogen and oxygen atoms in total. The number of nitrogens with zero attached hydrogens (tertiary/aromatic N) is 8. The fourth-order valence-corrected chi connectivity index (χ4v) is 16.7. The van der Waals surface area contributed by atoms with Gasteiger partial charge in [-0.15, -0.1) is 0 Å². The minimum Gasteiger partial charge on any atom is -0.454 e. The maximum absolute atomic E-state index is 7.03. The molecular weight excluding hydrogens is 1370 g/mol. The number of hydrogen-bond donors (Lipinski definition) is 1. The summed E-state index contributed by atoms with van der Waals surface area (Å²) in [5.41, 5.74) is 26.6. The van der Waals surface area contributed by atoms with E-state index < -0.39 is 0 Å². The maximum Gasteiger partial charge on any atom is 0.164 e. The zero-order valence-corrected chi connectivity index (χ0v) is 60.3. The summed E-state index contributed by atoms with van der Waals surface area (Å²) < 4.78 is 11.8. The van der Waals surface area contributed by atoms with Gasteiger partial charge in [-0.25, -0.2) is 29.9 Å². The Kier molecular flexibility index (Phi) is 15.0. The van der Waals surface area contributed by atoms with Crippen molar-refractivity contribution in [1.82, 2.24) is 44.0 Å². The molecule has 0 saturated carbocycles. The van der Waals surface area contributed by atoms with E-state index in [1.807, 2.05) is 54.6 Å². The molecule has 0 aliphatic rings. The summed E-state index contributed by atoms with van der Waals surface area (Å²) in [6, 6.07) is 133. The number of aromatic amines is 1. The van der Waals surface area contributed by atoms with Gasteiger partial charge in [-0.2, -0.15) is 0 Å². The summed E-state index contributed by atoms with van der Waals surface area (Å²) in [7, 11) is 0. The van der Waals surface area contributed by atoms with Crippen molar-refractivity contribution in [3.8, 4) is 135 Å². The molecule has 522 valence electrons. The highest BCUT2D eigenvalue weighted by Crippen LogP contribution is 2.45. The van der Waals surface area contributed by atoms with E-state index in [1.54, 1.807) is 0 Å². The standard InChI is InChI=1S/C102H63N9O/c1-5-23-63(24-6-1)71-31-17-33-75(59-71)99-104-97(69-27-9-3-10-28-69)106-101(108-99)82-39-19-41-85-93(82)80-37-20-44-89(95(80)103-85)110-87-43-16-14-36-78(87)84-61-73(56-58-88(84)110)68-53-49-66(50-54-68)65-47-51-67(52-48-65)72-32-18-34-76(60-72)100-105-98(70-29-11-4-12-30-70)107-102(109-100)83-40-22-46-92-94(83)81-38-21-45-90(96(81)112-92)111-86-42-15-13-35-77(86)79-57-55-74(62-91(79)111)64-25-7-2-8-26-64/h1-62,103H. The van der Waals surface area contributed by atoms with Crippen LogP contribution < -0.4 is 0 Å². The second kappa shape index (κ2) is 26.3. The maximum atomic E-state index is 7.03. The molecule has 0 radical (unpaired) electrons. The molecule has 0 aliphatic heterocycles. The molecule has 0 saturated heterocycles. The van der Waals surface area contributed by atoms with Gasteiger partial charge in [-0.3, -0.25) is 0 Å². The average molecular weight is 1430 g/mol. The molecule has 112 heavy (non-hydrogen) atoms. The minimum atomic E-state index is 0.556. The molecule has 10 heteroatoms. The van der Waals surface area contributed by atoms with Gasteiger partial charge >= 0.3 is 0 Å². The second-order valence-electron chi connectivity index (χ2n) is 28.5. The third-order valence-electron chi connectivity index (χ3n) is 22.0. The first-order valence-electron chi connectivity index (χ1n) is 37.7. The predicted molar refractivity (Wildman–Crippen MR) is 458 cm³/mol. The number of benzene rings is 16. The molecule has 22 aromatic rings. The van der Waals surface area contributed by atoms with Gasteiger partial charge in [0.2, 0.25) is 0 Å². The molecule has 0 spiro atoms. The Bertz CT molecular complexity index is 7470. The summed E-state index contributed by atoms with van der Waals surface area (Å²) in [5.74, 6) is 3.54. The molecule has 1 N–H and O–H groups in total. The van der Waals surface area contributed by atoms with Crippen LogP contribution in [0.15, 0.2) is 381 Å². The largest absolute Gasteiger partial charge is 0.454 e. The molecule has 0 amide bonds. The molecule has 0 bridgehead atoms. The number of fused-ring (bicyclic) bond motifs is 12. The minimum absolute atomic E-state index is 0.556. The van der Waals surface area contributed by atoms with E-state index in [0.29, 0.717) is 34.9 Å². The van der Waals surface area contributed by atoms with Crippen LogP contribution in [-0.4, -0.2) is 44.0 Å². The van der Waals surface area contributed by atoms with Crippen molar-refractivity contribution in [3.63, 3.8) is 0 Å². The Morgan fingerprint density at radius 3 is 1.16 bits per heavy atom. The van der Waals surface area contributed by atoms with Gasteiger partial charge in [0.25, 0.3) is 0 Å². The van der Waals surface area contributed by atoms with E-state index in [2.05, 4.69) is 336 Å². The van der Waals surface area contributed by atoms with Crippen molar-refractivity contribution in [2.45, 2.75) is 0 Å². The average Bonchev–Trinajstić information content (AvgIpc) is 1.57. The topological polar surface area (TPSA) is 116 Å². The van der Waals surface area contributed by atoms with Crippen LogP contribution in [0.1, 0.15) is 0 Å². The summed E-state index contributed by atoms with van der Waals surface area (Å²) in [5, 5.41) is 8.73. The van der Waals surface area contributed by atoms with Crippen LogP contribution in [-0.2, 0) is 0 Å². The Balaban J connectivity index is 0.568. The van der Waals surface area contributed by atoms with Gasteiger partial charge < -0.3 is 18.5 Å². The lowest BCUT2D eigenvalue weighted by Gasteiger charge is -2.11. The van der Waals surface area contributed by atoms with Gasteiger partial charge in [0.15, 0.2) is 40.5 Å². The zero-order chi connectivity index (χ0) is 73.7. The number of nitrogens with one attached hydrogen (secondary N) is 1. The predicted octanol–water partition coefficient (Wildman–Crippen LogP) is 26.1. The third-order valence-corrected chi connectivity index (χ3v) is 22.0. The summed E-state index contributed by atoms with van der Waals surface area (Å²) >= 11 is 0. The van der Waals surface area contributed by atoms with Gasteiger partial charge in [-0.1, -0.05) is 309 Å². The van der Waals surface area contributed by atoms with E-state index in [9.17, 15) is 0 Å². The Morgan fingerprint density at radius 1 is 0.214 bits per heavy atom. The molecule has 6 heterocycles. The van der Waals surface area contributed by atoms with Crippen LogP contribution in [0, 0.1) is 0 Å². The number of hydrogen-bond acceptors (Lipinski definition) is 7. The highest BCUT2D eigenvalue weighted by molar-refractivity contribution is 6.19. The molecular formula is C102H63N9O. The number of para-hydroxylation sites is 4. The summed E-state index contributed by atoms with van der Waals surface area (Å²) in [6.45, 7) is 0. The lowest BCUT2D eigenvalue weighted by atomic mass is 9.97. The second-order valence-corrected chi connectivity index (χ2v) is 28.5. The number of H-pyrrole nitrogens is 1. The molecule has 16 aromatic carbocycles. The lowest BCUT2D eigenvalue weighted by molar-refractivity contribution is 0.666. The van der Waals surface area contributed by atoms with E-state index >= 15 is 0 Å². The quantitative estimate of drug-likeness (QED) is 0.122. The first-order valence-corrected chi connectivity index (χ1v) is 37.7. The van der Waals surface area contributed by atoms with Crippen molar-refractivity contribution >= 4 is 87.4 Å². The monoisotopic (exact) mass is 1430 g/mol. The van der Waals surface area contributed by atoms with Gasteiger partial charge in [0, 0.05) is 82.0 Å². The zero-order valence-electron chi connectivity index (χ0n) is 60.3. The Labute approximate surface area is 643 Å². The summed E-state index contributed by atoms with van der Waals surface area (Å²) in [6.07, 6.45) is 0. The van der Waals surface area contributed by atoms with E-state index in [-0.39, 0.29) is 0 Å². The SMILES string of the molecule is c1ccc(-c2cccc(-c3nc(-c4ccccc4)nc(-c4cccc5[nH]c6c(-n7c8ccccc8c8cc(-c9ccc(-c%10ccc(-c%11cccc(-c%12nc(-c%13ccccc%13)nc(-c%13cccc%14oc%15c(-n%16c%17ccccc%17c%17ccc(-c%18ccccc%18)cc%17%16)cccc%15c%13%14)n%12)c%11)cc%10)cc9)ccc87)cccc6c45)n3)c2)cc1. The van der Waals surface area contributed by atoms with Crippen LogP contribution in [0.2, 0.25) is 0 Å². The van der Waals surface area contributed by atoms with E-state index in [0.717, 1.165) is 166 Å². The van der Waals surface area contributed by atoms with Crippen LogP contribution >= 0.6 is 0 Å². The molecule has 0 fully saturated rings. The van der Waals surface area contributed by atoms with Crippen molar-refractivity contribution in [1.29, 1.82) is 0 Å². The van der Waals surface area contributed by atoms with Crippen molar-refractivity contribution < 1.29 is 4.42 Å². The van der Waals surface area contributed by atoms with Gasteiger partial charge in [0.1, 0.15) is 5.58 Å². The molecule has 0 unspecified atom stereocenters. The third kappa shape index (κ3) is 10.9. The first-order chi connectivity index (χ1) is 55.5. The molecule has 6 aromatic heterocycles. The normalized spacial score (nSPS) is 11.8. The summed E-state index contributed by atoms with van der Waals surface area (Å²) in [4.78, 5) is 35.4. The van der Waals surface area contributed by atoms with E-state index in [4.69, 9.17) is 34.3 Å². The van der Waals surface area contributed by atoms with Crippen LogP contribution in [0.4, 0.5) is 0 Å². The highest BCUT2D eigenvalue weighted by Gasteiger charge is 2.25. The number of rotatable bonds is 13. The molecule has 0 aliphatic carbocycles. The van der Waals surface area contributed by atoms with E-state index in [1.165, 1.54) is 21.5 Å². The Hall–Kier alpha value is -15.3. The smallest absolute Gasteiger partial charge is 0.164 e. The van der Waals surface area contributed by atoms with Crippen molar-refractivity contribution in [3.05, 3.63) is 376 Å². The lowest BCUT2D eigenvalue weighted by Crippen LogP contribution is -2.00. The first kappa shape index (κ1) is 64.0. The number of furan rings is 1. The Morgan fingerprint density at radius 2 is 0.580 bits per heavy atom. The molecule has 0 atom stereocenters. The van der Waals surface area contributed by atoms with Gasteiger partial charge in [0.05, 0.1) is 39.0 Å². The fraction of sp³-hybridized carbons (Fsp3) is 0. The fourth-order valence-electron chi connectivity index (χ4n) is 16.7. The van der Waals surface area contributed by atoms with Crippen LogP contribution in [0.3, 0.4) is 0 Å². The van der Waals surface area contributed by atoms with Crippen LogP contribution in [0.5, 0.6) is 0 Å². The molecule has 22 rings (SSSR count). The van der Waals surface area contributed by atoms with Gasteiger partial charge in [-0.05, 0) is 122 Å². The van der Waals surface area contributed by atoms with Crippen molar-refractivity contribution in [2.24, 2.45) is 0 Å². The highest BCUT2D eigenvalue weighted by atomic mass is 16.3. The number of aromatic nitrogens is 9. The van der Waals surface area contributed by atoms with Crippen molar-refractivity contribution in [2.75, 3.05) is 0 Å².